The summed E-state index contributed by atoms with van der Waals surface area (Å²) in [5.41, 5.74) is 1.40. The Labute approximate surface area is 165 Å². The van der Waals surface area contributed by atoms with Crippen LogP contribution in [-0.4, -0.2) is 41.8 Å². The predicted octanol–water partition coefficient (Wildman–Crippen LogP) is 3.72. The van der Waals surface area contributed by atoms with Gasteiger partial charge < -0.3 is 9.64 Å². The van der Waals surface area contributed by atoms with Crippen molar-refractivity contribution in [3.8, 4) is 0 Å². The molecule has 0 saturated carbocycles. The predicted molar refractivity (Wildman–Crippen MR) is 106 cm³/mol. The molecule has 3 rings (SSSR count). The summed E-state index contributed by atoms with van der Waals surface area (Å²) in [6.45, 7) is 5.19. The van der Waals surface area contributed by atoms with Gasteiger partial charge in [0.05, 0.1) is 5.56 Å². The normalized spacial score (nSPS) is 15.7. The second-order valence-electron chi connectivity index (χ2n) is 7.33. The Morgan fingerprint density at radius 1 is 0.893 bits per heavy atom. The third-order valence-corrected chi connectivity index (χ3v) is 5.15. The molecule has 1 aliphatic heterocycles. The van der Waals surface area contributed by atoms with Crippen molar-refractivity contribution in [2.45, 2.75) is 32.8 Å². The molecule has 146 valence electrons. The molecule has 2 aromatic rings. The first-order chi connectivity index (χ1) is 13.5. The maximum atomic E-state index is 12.5. The number of nitrogens with zero attached hydrogens (tertiary/aromatic N) is 1. The van der Waals surface area contributed by atoms with Crippen molar-refractivity contribution in [3.63, 3.8) is 0 Å². The molecule has 0 spiro atoms. The third kappa shape index (κ3) is 4.66. The molecule has 0 radical (unpaired) electrons. The molecule has 0 aliphatic carbocycles. The van der Waals surface area contributed by atoms with E-state index in [0.29, 0.717) is 35.7 Å². The summed E-state index contributed by atoms with van der Waals surface area (Å²) in [6.07, 6.45) is 1.12. The fourth-order valence-electron chi connectivity index (χ4n) is 3.28. The number of ketones is 1. The molecule has 1 saturated heterocycles. The average molecular weight is 379 g/mol. The lowest BCUT2D eigenvalue weighted by atomic mass is 9.99. The van der Waals surface area contributed by atoms with Crippen LogP contribution < -0.4 is 0 Å². The molecule has 1 heterocycles. The van der Waals surface area contributed by atoms with E-state index in [1.54, 1.807) is 60.4 Å². The van der Waals surface area contributed by atoms with Crippen molar-refractivity contribution in [1.82, 2.24) is 4.90 Å². The Hall–Kier alpha value is -2.95. The molecule has 5 nitrogen and oxygen atoms in total. The first-order valence-electron chi connectivity index (χ1n) is 9.65. The number of amides is 1. The highest BCUT2D eigenvalue weighted by Crippen LogP contribution is 2.18. The number of esters is 1. The van der Waals surface area contributed by atoms with E-state index in [4.69, 9.17) is 4.74 Å². The Bertz CT molecular complexity index is 837. The summed E-state index contributed by atoms with van der Waals surface area (Å²) in [5.74, 6) is -0.205. The van der Waals surface area contributed by atoms with Crippen LogP contribution in [0.25, 0.3) is 0 Å². The van der Waals surface area contributed by atoms with Gasteiger partial charge in [0.2, 0.25) is 0 Å². The molecule has 0 unspecified atom stereocenters. The van der Waals surface area contributed by atoms with E-state index in [1.807, 2.05) is 6.07 Å². The van der Waals surface area contributed by atoms with Crippen LogP contribution in [0.3, 0.4) is 0 Å². The van der Waals surface area contributed by atoms with Crippen molar-refractivity contribution in [2.75, 3.05) is 13.1 Å². The maximum Gasteiger partial charge on any atom is 0.338 e. The van der Waals surface area contributed by atoms with Crippen molar-refractivity contribution < 1.29 is 19.1 Å². The summed E-state index contributed by atoms with van der Waals surface area (Å²) < 4.78 is 5.35. The zero-order valence-corrected chi connectivity index (χ0v) is 16.3. The number of likely N-dealkylation sites (tertiary alicyclic amines) is 1. The van der Waals surface area contributed by atoms with Gasteiger partial charge in [0, 0.05) is 24.2 Å². The first-order valence-corrected chi connectivity index (χ1v) is 9.65. The molecule has 0 aromatic heterocycles. The zero-order valence-electron chi connectivity index (χ0n) is 16.3. The van der Waals surface area contributed by atoms with Gasteiger partial charge in [0.1, 0.15) is 0 Å². The molecule has 28 heavy (non-hydrogen) atoms. The van der Waals surface area contributed by atoms with E-state index >= 15 is 0 Å². The van der Waals surface area contributed by atoms with Gasteiger partial charge in [-0.15, -0.1) is 0 Å². The minimum atomic E-state index is -0.827. The van der Waals surface area contributed by atoms with Crippen molar-refractivity contribution in [1.29, 1.82) is 0 Å². The molecule has 1 fully saturated rings. The van der Waals surface area contributed by atoms with Crippen LogP contribution in [0.5, 0.6) is 0 Å². The monoisotopic (exact) mass is 379 g/mol. The lowest BCUT2D eigenvalue weighted by Gasteiger charge is -2.31. The van der Waals surface area contributed by atoms with Crippen molar-refractivity contribution in [3.05, 3.63) is 71.3 Å². The molecule has 1 aliphatic rings. The second-order valence-corrected chi connectivity index (χ2v) is 7.33. The number of ether oxygens (including phenoxy) is 1. The van der Waals surface area contributed by atoms with Crippen molar-refractivity contribution >= 4 is 17.7 Å². The Morgan fingerprint density at radius 2 is 1.43 bits per heavy atom. The molecular formula is C23H25NO4. The maximum absolute atomic E-state index is 12.5. The van der Waals surface area contributed by atoms with Crippen LogP contribution in [0.4, 0.5) is 0 Å². The number of hydrogen-bond donors (Lipinski definition) is 0. The summed E-state index contributed by atoms with van der Waals surface area (Å²) in [4.78, 5) is 39.0. The topological polar surface area (TPSA) is 63.7 Å². The summed E-state index contributed by atoms with van der Waals surface area (Å²) >= 11 is 0. The second kappa shape index (κ2) is 8.83. The van der Waals surface area contributed by atoms with Crippen LogP contribution in [0.2, 0.25) is 0 Å². The van der Waals surface area contributed by atoms with E-state index in [-0.39, 0.29) is 11.7 Å². The van der Waals surface area contributed by atoms with Gasteiger partial charge in [-0.25, -0.2) is 4.79 Å². The average Bonchev–Trinajstić information content (AvgIpc) is 2.74. The van der Waals surface area contributed by atoms with Gasteiger partial charge in [0.25, 0.3) is 5.91 Å². The number of rotatable bonds is 5. The summed E-state index contributed by atoms with van der Waals surface area (Å²) in [5, 5.41) is 0. The van der Waals surface area contributed by atoms with Gasteiger partial charge in [-0.1, -0.05) is 49.4 Å². The van der Waals surface area contributed by atoms with Gasteiger partial charge in [-0.3, -0.25) is 9.59 Å². The molecule has 0 bridgehead atoms. The van der Waals surface area contributed by atoms with Gasteiger partial charge >= 0.3 is 5.97 Å². The van der Waals surface area contributed by atoms with Gasteiger partial charge in [-0.2, -0.15) is 0 Å². The summed E-state index contributed by atoms with van der Waals surface area (Å²) in [6, 6.07) is 15.3. The molecule has 1 amide bonds. The number of carbonyl (C=O) groups is 3. The smallest absolute Gasteiger partial charge is 0.338 e. The number of benzene rings is 2. The van der Waals surface area contributed by atoms with E-state index in [1.165, 1.54) is 0 Å². The van der Waals surface area contributed by atoms with Crippen LogP contribution in [0, 0.1) is 5.92 Å². The lowest BCUT2D eigenvalue weighted by Crippen LogP contribution is -2.44. The summed E-state index contributed by atoms with van der Waals surface area (Å²) in [7, 11) is 0. The third-order valence-electron chi connectivity index (χ3n) is 5.15. The van der Waals surface area contributed by atoms with E-state index in [9.17, 15) is 14.4 Å². The molecule has 5 heteroatoms. The van der Waals surface area contributed by atoms with Gasteiger partial charge in [0.15, 0.2) is 11.9 Å². The van der Waals surface area contributed by atoms with E-state index < -0.39 is 12.1 Å². The minimum Gasteiger partial charge on any atom is -0.449 e. The SMILES string of the molecule is CC1CCN(C(=O)[C@H](C)OC(=O)c2ccc(C(=O)c3ccccc3)cc2)CC1. The molecular weight excluding hydrogens is 354 g/mol. The fraction of sp³-hybridized carbons (Fsp3) is 0.348. The number of hydrogen-bond acceptors (Lipinski definition) is 4. The highest BCUT2D eigenvalue weighted by molar-refractivity contribution is 6.09. The number of piperidine rings is 1. The Kier molecular flexibility index (Phi) is 6.24. The largest absolute Gasteiger partial charge is 0.449 e. The number of carbonyl (C=O) groups excluding carboxylic acids is 3. The highest BCUT2D eigenvalue weighted by atomic mass is 16.5. The quantitative estimate of drug-likeness (QED) is 0.587. The van der Waals surface area contributed by atoms with Crippen LogP contribution >= 0.6 is 0 Å². The van der Waals surface area contributed by atoms with Crippen LogP contribution in [0.1, 0.15) is 53.0 Å². The lowest BCUT2D eigenvalue weighted by molar-refractivity contribution is -0.141. The Balaban J connectivity index is 1.60. The molecule has 1 atom stereocenters. The Morgan fingerprint density at radius 3 is 2.04 bits per heavy atom. The highest BCUT2D eigenvalue weighted by Gasteiger charge is 2.27. The van der Waals surface area contributed by atoms with Crippen molar-refractivity contribution in [2.24, 2.45) is 5.92 Å². The van der Waals surface area contributed by atoms with Crippen LogP contribution in [0.15, 0.2) is 54.6 Å². The zero-order chi connectivity index (χ0) is 20.1. The fourth-order valence-corrected chi connectivity index (χ4v) is 3.28. The minimum absolute atomic E-state index is 0.108. The standard InChI is InChI=1S/C23H25NO4/c1-16-12-14-24(15-13-16)22(26)17(2)28-23(27)20-10-8-19(9-11-20)21(25)18-6-4-3-5-7-18/h3-11,16-17H,12-15H2,1-2H3/t17-/m0/s1. The first kappa shape index (κ1) is 19.8. The van der Waals surface area contributed by atoms with E-state index in [2.05, 4.69) is 6.92 Å². The van der Waals surface area contributed by atoms with E-state index in [0.717, 1.165) is 12.8 Å². The van der Waals surface area contributed by atoms with Crippen LogP contribution in [-0.2, 0) is 9.53 Å². The molecule has 2 aromatic carbocycles. The molecule has 0 N–H and O–H groups in total. The van der Waals surface area contributed by atoms with Gasteiger partial charge in [-0.05, 0) is 37.8 Å².